The van der Waals surface area contributed by atoms with Gasteiger partial charge in [-0.2, -0.15) is 0 Å². The van der Waals surface area contributed by atoms with Gasteiger partial charge in [-0.3, -0.25) is 0 Å². The Morgan fingerprint density at radius 1 is 1.17 bits per heavy atom. The van der Waals surface area contributed by atoms with Gasteiger partial charge in [0, 0.05) is 25.6 Å². The summed E-state index contributed by atoms with van der Waals surface area (Å²) >= 11 is 8.76. The number of aromatic amines is 1. The second-order valence-electron chi connectivity index (χ2n) is 7.04. The average molecular weight is 535 g/mol. The Bertz CT molecular complexity index is 1290. The van der Waals surface area contributed by atoms with Gasteiger partial charge in [-0.05, 0) is 59.3 Å². The standard InChI is InChI=1S/C20H17Br2N5OS/c1-2-14-23-18(15-10-5-3-4-6-13(10)29-20(15)24-14)27-26-17-11-7-9(21)8-12(22)16(11)25-19(17)28/h7-8,25,28H,2-6H2,1H3. The minimum atomic E-state index is -0.0177. The molecular formula is C20H17Br2N5OS. The van der Waals surface area contributed by atoms with Crippen molar-refractivity contribution in [3.8, 4) is 5.88 Å². The number of thiophene rings is 1. The highest BCUT2D eigenvalue weighted by atomic mass is 79.9. The van der Waals surface area contributed by atoms with Crippen molar-refractivity contribution in [2.75, 3.05) is 0 Å². The van der Waals surface area contributed by atoms with Crippen molar-refractivity contribution < 1.29 is 5.11 Å². The number of nitrogens with zero attached hydrogens (tertiary/aromatic N) is 4. The Kier molecular flexibility index (Phi) is 4.92. The highest BCUT2D eigenvalue weighted by Gasteiger charge is 2.21. The molecule has 4 aromatic rings. The fraction of sp³-hybridized carbons (Fsp3) is 0.300. The maximum absolute atomic E-state index is 10.4. The first-order valence-electron chi connectivity index (χ1n) is 9.47. The smallest absolute Gasteiger partial charge is 0.218 e. The zero-order valence-corrected chi connectivity index (χ0v) is 19.6. The molecule has 0 unspecified atom stereocenters. The molecule has 1 aliphatic carbocycles. The first-order valence-corrected chi connectivity index (χ1v) is 11.9. The average Bonchev–Trinajstić information content (AvgIpc) is 3.23. The zero-order valence-electron chi connectivity index (χ0n) is 15.6. The molecule has 0 amide bonds. The summed E-state index contributed by atoms with van der Waals surface area (Å²) < 4.78 is 1.72. The number of aromatic hydroxyl groups is 1. The number of H-pyrrole nitrogens is 1. The fourth-order valence-corrected chi connectivity index (χ4v) is 6.40. The minimum absolute atomic E-state index is 0.0177. The first-order chi connectivity index (χ1) is 14.0. The Hall–Kier alpha value is -1.84. The number of halogens is 2. The number of hydrogen-bond acceptors (Lipinski definition) is 6. The van der Waals surface area contributed by atoms with Crippen LogP contribution in [0.3, 0.4) is 0 Å². The summed E-state index contributed by atoms with van der Waals surface area (Å²) in [5, 5.41) is 21.1. The number of hydrogen-bond donors (Lipinski definition) is 2. The number of aromatic nitrogens is 3. The number of benzene rings is 1. The van der Waals surface area contributed by atoms with E-state index in [0.29, 0.717) is 11.5 Å². The third-order valence-electron chi connectivity index (χ3n) is 5.18. The van der Waals surface area contributed by atoms with Gasteiger partial charge in [0.2, 0.25) is 5.88 Å². The summed E-state index contributed by atoms with van der Waals surface area (Å²) in [6.45, 7) is 2.04. The van der Waals surface area contributed by atoms with Gasteiger partial charge in [-0.15, -0.1) is 21.6 Å². The van der Waals surface area contributed by atoms with Crippen LogP contribution in [-0.4, -0.2) is 20.1 Å². The summed E-state index contributed by atoms with van der Waals surface area (Å²) in [5.41, 5.74) is 2.49. The van der Waals surface area contributed by atoms with Crippen molar-refractivity contribution in [1.29, 1.82) is 0 Å². The molecule has 3 aromatic heterocycles. The lowest BCUT2D eigenvalue weighted by atomic mass is 9.97. The van der Waals surface area contributed by atoms with Gasteiger partial charge < -0.3 is 10.1 Å². The lowest BCUT2D eigenvalue weighted by Gasteiger charge is -2.10. The highest BCUT2D eigenvalue weighted by molar-refractivity contribution is 9.11. The van der Waals surface area contributed by atoms with E-state index in [4.69, 9.17) is 4.98 Å². The third kappa shape index (κ3) is 3.29. The van der Waals surface area contributed by atoms with E-state index in [9.17, 15) is 5.11 Å². The summed E-state index contributed by atoms with van der Waals surface area (Å²) in [4.78, 5) is 14.8. The van der Waals surface area contributed by atoms with Crippen LogP contribution in [0.4, 0.5) is 11.5 Å². The van der Waals surface area contributed by atoms with Crippen LogP contribution >= 0.6 is 43.2 Å². The maximum atomic E-state index is 10.4. The molecule has 5 rings (SSSR count). The molecule has 0 bridgehead atoms. The molecule has 29 heavy (non-hydrogen) atoms. The van der Waals surface area contributed by atoms with Gasteiger partial charge in [0.1, 0.15) is 10.7 Å². The molecule has 6 nitrogen and oxygen atoms in total. The second-order valence-corrected chi connectivity index (χ2v) is 9.89. The van der Waals surface area contributed by atoms with Crippen LogP contribution in [0.2, 0.25) is 0 Å². The van der Waals surface area contributed by atoms with Gasteiger partial charge in [0.05, 0.1) is 10.9 Å². The highest BCUT2D eigenvalue weighted by Crippen LogP contribution is 2.43. The molecule has 0 spiro atoms. The topological polar surface area (TPSA) is 86.5 Å². The van der Waals surface area contributed by atoms with E-state index in [-0.39, 0.29) is 5.88 Å². The molecule has 0 fully saturated rings. The zero-order chi connectivity index (χ0) is 20.1. The largest absolute Gasteiger partial charge is 0.493 e. The Morgan fingerprint density at radius 2 is 2.00 bits per heavy atom. The maximum Gasteiger partial charge on any atom is 0.218 e. The molecule has 1 aromatic carbocycles. The predicted octanol–water partition coefficient (Wildman–Crippen LogP) is 7.26. The van der Waals surface area contributed by atoms with Gasteiger partial charge in [0.25, 0.3) is 0 Å². The van der Waals surface area contributed by atoms with Gasteiger partial charge >= 0.3 is 0 Å². The van der Waals surface area contributed by atoms with Crippen molar-refractivity contribution in [3.05, 3.63) is 37.3 Å². The number of fused-ring (bicyclic) bond motifs is 4. The van der Waals surface area contributed by atoms with Crippen molar-refractivity contribution in [2.24, 2.45) is 10.2 Å². The predicted molar refractivity (Wildman–Crippen MR) is 123 cm³/mol. The quantitative estimate of drug-likeness (QED) is 0.271. The molecule has 1 aliphatic rings. The Labute approximate surface area is 187 Å². The summed E-state index contributed by atoms with van der Waals surface area (Å²) in [6.07, 6.45) is 5.26. The number of nitrogens with one attached hydrogen (secondary N) is 1. The van der Waals surface area contributed by atoms with Crippen LogP contribution in [0.25, 0.3) is 21.1 Å². The lowest BCUT2D eigenvalue weighted by Crippen LogP contribution is -1.99. The first kappa shape index (κ1) is 19.1. The molecule has 2 N–H and O–H groups in total. The summed E-state index contributed by atoms with van der Waals surface area (Å²) in [5.74, 6) is 1.34. The third-order valence-corrected chi connectivity index (χ3v) is 7.45. The van der Waals surface area contributed by atoms with Crippen molar-refractivity contribution in [2.45, 2.75) is 39.0 Å². The molecule has 3 heterocycles. The van der Waals surface area contributed by atoms with E-state index in [0.717, 1.165) is 55.2 Å². The minimum Gasteiger partial charge on any atom is -0.493 e. The van der Waals surface area contributed by atoms with E-state index < -0.39 is 0 Å². The molecule has 0 saturated heterocycles. The Morgan fingerprint density at radius 3 is 2.83 bits per heavy atom. The summed E-state index contributed by atoms with van der Waals surface area (Å²) in [7, 11) is 0. The molecule has 0 aliphatic heterocycles. The van der Waals surface area contributed by atoms with E-state index in [1.54, 1.807) is 11.3 Å². The van der Waals surface area contributed by atoms with Crippen molar-refractivity contribution >= 4 is 75.8 Å². The lowest BCUT2D eigenvalue weighted by molar-refractivity contribution is 0.459. The second kappa shape index (κ2) is 7.45. The van der Waals surface area contributed by atoms with Gasteiger partial charge in [-0.1, -0.05) is 22.9 Å². The molecule has 9 heteroatoms. The molecule has 0 radical (unpaired) electrons. The van der Waals surface area contributed by atoms with Gasteiger partial charge in [0.15, 0.2) is 11.5 Å². The van der Waals surface area contributed by atoms with Gasteiger partial charge in [-0.25, -0.2) is 9.97 Å². The van der Waals surface area contributed by atoms with Crippen LogP contribution < -0.4 is 0 Å². The van der Waals surface area contributed by atoms with Crippen LogP contribution in [0.5, 0.6) is 5.88 Å². The monoisotopic (exact) mass is 533 g/mol. The SMILES string of the molecule is CCc1nc(N=Nc2c(O)[nH]c3c(Br)cc(Br)cc23)c2c3c(sc2n1)CCCC3. The van der Waals surface area contributed by atoms with E-state index in [1.807, 2.05) is 19.1 Å². The Balaban J connectivity index is 1.69. The molecule has 148 valence electrons. The van der Waals surface area contributed by atoms with Crippen LogP contribution in [0.1, 0.15) is 36.0 Å². The molecular weight excluding hydrogens is 518 g/mol. The van der Waals surface area contributed by atoms with Crippen LogP contribution in [0, 0.1) is 0 Å². The molecule has 0 atom stereocenters. The van der Waals surface area contributed by atoms with E-state index >= 15 is 0 Å². The van der Waals surface area contributed by atoms with E-state index in [1.165, 1.54) is 23.3 Å². The number of rotatable bonds is 3. The normalized spacial score (nSPS) is 14.3. The van der Waals surface area contributed by atoms with Crippen molar-refractivity contribution in [3.63, 3.8) is 0 Å². The number of azo groups is 1. The molecule has 0 saturated carbocycles. The van der Waals surface area contributed by atoms with Crippen LogP contribution in [0.15, 0.2) is 31.3 Å². The van der Waals surface area contributed by atoms with Crippen molar-refractivity contribution in [1.82, 2.24) is 15.0 Å². The fourth-order valence-electron chi connectivity index (χ4n) is 3.80. The summed E-state index contributed by atoms with van der Waals surface area (Å²) in [6, 6.07) is 3.82. The van der Waals surface area contributed by atoms with Crippen LogP contribution in [-0.2, 0) is 19.3 Å². The number of aryl methyl sites for hydroxylation is 3. The van der Waals surface area contributed by atoms with E-state index in [2.05, 4.69) is 52.1 Å².